The molecule has 1 aromatic carbocycles. The van der Waals surface area contributed by atoms with Crippen molar-refractivity contribution < 1.29 is 9.53 Å². The number of nitrogens with zero attached hydrogens (tertiary/aromatic N) is 2. The van der Waals surface area contributed by atoms with Crippen LogP contribution in [0.2, 0.25) is 0 Å². The largest absolute Gasteiger partial charge is 0.453 e. The molecule has 0 radical (unpaired) electrons. The number of fused-ring (bicyclic) bond motifs is 1. The monoisotopic (exact) mass is 381 g/mol. The van der Waals surface area contributed by atoms with Gasteiger partial charge in [0.2, 0.25) is 11.3 Å². The number of aromatic nitrogens is 2. The van der Waals surface area contributed by atoms with E-state index in [1.54, 1.807) is 12.4 Å². The van der Waals surface area contributed by atoms with Crippen LogP contribution in [0.4, 0.5) is 0 Å². The van der Waals surface area contributed by atoms with E-state index in [0.29, 0.717) is 5.88 Å². The Morgan fingerprint density at radius 3 is 2.52 bits per heavy atom. The van der Waals surface area contributed by atoms with Crippen LogP contribution < -0.4 is 10.1 Å². The highest BCUT2D eigenvalue weighted by atomic mass is 32.2. The second-order valence-corrected chi connectivity index (χ2v) is 8.09. The third-order valence-corrected chi connectivity index (χ3v) is 4.56. The smallest absolute Gasteiger partial charge is 0.272 e. The summed E-state index contributed by atoms with van der Waals surface area (Å²) >= 11 is 1.34. The first kappa shape index (κ1) is 19.2. The van der Waals surface area contributed by atoms with Gasteiger partial charge in [-0.3, -0.25) is 9.78 Å². The molecule has 0 aliphatic heterocycles. The van der Waals surface area contributed by atoms with Gasteiger partial charge in [0.05, 0.1) is 5.52 Å². The lowest BCUT2D eigenvalue weighted by molar-refractivity contribution is -0.125. The minimum Gasteiger partial charge on any atom is -0.453 e. The third-order valence-electron chi connectivity index (χ3n) is 3.83. The van der Waals surface area contributed by atoms with Gasteiger partial charge in [-0.2, -0.15) is 0 Å². The lowest BCUT2D eigenvalue weighted by Crippen LogP contribution is -2.46. The van der Waals surface area contributed by atoms with Crippen LogP contribution >= 0.6 is 11.8 Å². The quantitative estimate of drug-likeness (QED) is 0.668. The summed E-state index contributed by atoms with van der Waals surface area (Å²) in [7, 11) is 0. The fraction of sp³-hybridized carbons (Fsp3) is 0.286. The highest BCUT2D eigenvalue weighted by Gasteiger charge is 2.25. The van der Waals surface area contributed by atoms with E-state index in [1.807, 2.05) is 69.5 Å². The molecule has 0 aliphatic rings. The SMILES string of the molecule is CSC(Oc1nc2ccccc2cc1-c1ccncc1)C(=O)NC(C)(C)C. The molecule has 0 saturated heterocycles. The Bertz CT molecular complexity index is 939. The zero-order valence-electron chi connectivity index (χ0n) is 15.9. The Kier molecular flexibility index (Phi) is 5.65. The van der Waals surface area contributed by atoms with Crippen LogP contribution in [0.3, 0.4) is 0 Å². The standard InChI is InChI=1S/C21H23N3O2S/c1-21(2,3)24-18(25)20(27-4)26-19-16(14-9-11-22-12-10-14)13-15-7-5-6-8-17(15)23-19/h5-13,20H,1-4H3,(H,24,25). The second-order valence-electron chi connectivity index (χ2n) is 7.19. The second kappa shape index (κ2) is 7.96. The summed E-state index contributed by atoms with van der Waals surface area (Å²) in [5, 5.41) is 3.97. The number of hydrogen-bond acceptors (Lipinski definition) is 5. The summed E-state index contributed by atoms with van der Waals surface area (Å²) in [6, 6.07) is 13.7. The van der Waals surface area contributed by atoms with E-state index in [2.05, 4.69) is 15.3 Å². The third kappa shape index (κ3) is 4.77. The van der Waals surface area contributed by atoms with Crippen molar-refractivity contribution in [2.24, 2.45) is 0 Å². The normalized spacial score (nSPS) is 12.6. The number of para-hydroxylation sites is 1. The molecule has 2 heterocycles. The lowest BCUT2D eigenvalue weighted by atomic mass is 10.1. The van der Waals surface area contributed by atoms with Gasteiger partial charge in [-0.15, -0.1) is 11.8 Å². The molecule has 0 aliphatic carbocycles. The summed E-state index contributed by atoms with van der Waals surface area (Å²) < 4.78 is 6.08. The molecule has 1 atom stereocenters. The average molecular weight is 382 g/mol. The van der Waals surface area contributed by atoms with Crippen molar-refractivity contribution in [1.82, 2.24) is 15.3 Å². The zero-order chi connectivity index (χ0) is 19.4. The van der Waals surface area contributed by atoms with E-state index in [0.717, 1.165) is 22.0 Å². The van der Waals surface area contributed by atoms with Crippen molar-refractivity contribution >= 4 is 28.6 Å². The van der Waals surface area contributed by atoms with Crippen molar-refractivity contribution in [3.8, 4) is 17.0 Å². The minimum absolute atomic E-state index is 0.175. The topological polar surface area (TPSA) is 64.1 Å². The highest BCUT2D eigenvalue weighted by molar-refractivity contribution is 7.99. The molecule has 1 N–H and O–H groups in total. The number of carbonyl (C=O) groups excluding carboxylic acids is 1. The van der Waals surface area contributed by atoms with Crippen LogP contribution in [0, 0.1) is 0 Å². The van der Waals surface area contributed by atoms with Crippen molar-refractivity contribution in [2.45, 2.75) is 31.7 Å². The molecule has 2 aromatic heterocycles. The van der Waals surface area contributed by atoms with E-state index >= 15 is 0 Å². The number of hydrogen-bond donors (Lipinski definition) is 1. The Labute approximate surface area is 163 Å². The van der Waals surface area contributed by atoms with E-state index in [1.165, 1.54) is 11.8 Å². The minimum atomic E-state index is -0.696. The maximum atomic E-state index is 12.6. The Morgan fingerprint density at radius 2 is 1.85 bits per heavy atom. The van der Waals surface area contributed by atoms with Gasteiger partial charge in [-0.25, -0.2) is 4.98 Å². The first-order valence-corrected chi connectivity index (χ1v) is 9.98. The summed E-state index contributed by atoms with van der Waals surface area (Å²) in [4.78, 5) is 21.4. The van der Waals surface area contributed by atoms with Gasteiger partial charge < -0.3 is 10.1 Å². The van der Waals surface area contributed by atoms with E-state index in [-0.39, 0.29) is 11.4 Å². The molecular formula is C21H23N3O2S. The van der Waals surface area contributed by atoms with Crippen LogP contribution in [0.1, 0.15) is 20.8 Å². The molecule has 140 valence electrons. The summed E-state index contributed by atoms with van der Waals surface area (Å²) in [5.74, 6) is 0.258. The number of rotatable bonds is 5. The molecule has 1 amide bonds. The van der Waals surface area contributed by atoms with Crippen molar-refractivity contribution in [3.05, 3.63) is 54.9 Å². The average Bonchev–Trinajstić information content (AvgIpc) is 2.64. The van der Waals surface area contributed by atoms with Gasteiger partial charge in [-0.05, 0) is 56.9 Å². The fourth-order valence-electron chi connectivity index (χ4n) is 2.66. The van der Waals surface area contributed by atoms with Crippen LogP contribution in [0.25, 0.3) is 22.0 Å². The number of benzene rings is 1. The molecular weight excluding hydrogens is 358 g/mol. The number of amides is 1. The van der Waals surface area contributed by atoms with Gasteiger partial charge in [0.25, 0.3) is 5.91 Å². The maximum Gasteiger partial charge on any atom is 0.272 e. The van der Waals surface area contributed by atoms with Gasteiger partial charge in [0, 0.05) is 28.9 Å². The van der Waals surface area contributed by atoms with Crippen LogP contribution in [-0.4, -0.2) is 33.1 Å². The van der Waals surface area contributed by atoms with Gasteiger partial charge in [0.15, 0.2) is 0 Å². The summed E-state index contributed by atoms with van der Waals surface area (Å²) in [5.41, 5.74) is 1.56. The summed E-state index contributed by atoms with van der Waals surface area (Å²) in [6.07, 6.45) is 5.30. The van der Waals surface area contributed by atoms with Gasteiger partial charge >= 0.3 is 0 Å². The number of thioether (sulfide) groups is 1. The number of nitrogens with one attached hydrogen (secondary N) is 1. The first-order chi connectivity index (χ1) is 12.9. The Hall–Kier alpha value is -2.60. The predicted octanol–water partition coefficient (Wildman–Crippen LogP) is 4.28. The van der Waals surface area contributed by atoms with Crippen molar-refractivity contribution in [3.63, 3.8) is 0 Å². The molecule has 5 nitrogen and oxygen atoms in total. The number of carbonyl (C=O) groups is 1. The summed E-state index contributed by atoms with van der Waals surface area (Å²) in [6.45, 7) is 5.83. The van der Waals surface area contributed by atoms with Crippen molar-refractivity contribution in [1.29, 1.82) is 0 Å². The Balaban J connectivity index is 2.02. The molecule has 3 rings (SSSR count). The molecule has 0 fully saturated rings. The van der Waals surface area contributed by atoms with Crippen LogP contribution in [0.15, 0.2) is 54.9 Å². The van der Waals surface area contributed by atoms with E-state index < -0.39 is 5.44 Å². The predicted molar refractivity (Wildman–Crippen MR) is 111 cm³/mol. The molecule has 0 spiro atoms. The van der Waals surface area contributed by atoms with E-state index in [9.17, 15) is 4.79 Å². The van der Waals surface area contributed by atoms with Crippen LogP contribution in [0.5, 0.6) is 5.88 Å². The molecule has 0 saturated carbocycles. The Morgan fingerprint density at radius 1 is 1.15 bits per heavy atom. The molecule has 1 unspecified atom stereocenters. The van der Waals surface area contributed by atoms with Crippen molar-refractivity contribution in [2.75, 3.05) is 6.26 Å². The molecule has 3 aromatic rings. The molecule has 0 bridgehead atoms. The molecule has 6 heteroatoms. The first-order valence-electron chi connectivity index (χ1n) is 8.69. The number of ether oxygens (including phenoxy) is 1. The van der Waals surface area contributed by atoms with E-state index in [4.69, 9.17) is 4.74 Å². The lowest BCUT2D eigenvalue weighted by Gasteiger charge is -2.25. The zero-order valence-corrected chi connectivity index (χ0v) is 16.7. The fourth-order valence-corrected chi connectivity index (χ4v) is 3.13. The van der Waals surface area contributed by atoms with Gasteiger partial charge in [-0.1, -0.05) is 18.2 Å². The number of pyridine rings is 2. The maximum absolute atomic E-state index is 12.6. The van der Waals surface area contributed by atoms with Gasteiger partial charge in [0.1, 0.15) is 0 Å². The molecule has 27 heavy (non-hydrogen) atoms. The van der Waals surface area contributed by atoms with Crippen LogP contribution in [-0.2, 0) is 4.79 Å². The highest BCUT2D eigenvalue weighted by Crippen LogP contribution is 2.33.